The summed E-state index contributed by atoms with van der Waals surface area (Å²) >= 11 is 0. The van der Waals surface area contributed by atoms with Crippen molar-refractivity contribution in [3.8, 4) is 0 Å². The molecule has 3 heterocycles. The summed E-state index contributed by atoms with van der Waals surface area (Å²) in [5.41, 5.74) is 0. The van der Waals surface area contributed by atoms with Crippen LogP contribution in [0.2, 0.25) is 0 Å². The lowest BCUT2D eigenvalue weighted by molar-refractivity contribution is -0.141. The number of nitrogens with zero attached hydrogens (tertiary/aromatic N) is 3. The van der Waals surface area contributed by atoms with E-state index < -0.39 is 0 Å². The minimum absolute atomic E-state index is 0.219. The second kappa shape index (κ2) is 7.07. The summed E-state index contributed by atoms with van der Waals surface area (Å²) in [6, 6.07) is 0.696. The number of piperidine rings is 2. The van der Waals surface area contributed by atoms with Gasteiger partial charge in [0.25, 0.3) is 0 Å². The largest absolute Gasteiger partial charge is 0.378 e. The van der Waals surface area contributed by atoms with Gasteiger partial charge >= 0.3 is 0 Å². The first-order valence-electron chi connectivity index (χ1n) is 8.53. The number of carbonyl (C=O) groups is 1. The Hall–Kier alpha value is -0.650. The molecule has 0 saturated carbocycles. The van der Waals surface area contributed by atoms with Crippen molar-refractivity contribution in [2.75, 3.05) is 59.5 Å². The predicted molar refractivity (Wildman–Crippen MR) is 82.2 cm³/mol. The van der Waals surface area contributed by atoms with Crippen LogP contribution in [0.4, 0.5) is 0 Å². The zero-order valence-corrected chi connectivity index (χ0v) is 13.3. The molecule has 3 aliphatic rings. The van der Waals surface area contributed by atoms with Crippen LogP contribution in [0, 0.1) is 5.92 Å². The first kappa shape index (κ1) is 15.3. The molecule has 0 N–H and O–H groups in total. The second-order valence-electron chi connectivity index (χ2n) is 6.81. The summed E-state index contributed by atoms with van der Waals surface area (Å²) < 4.78 is 5.35. The first-order chi connectivity index (χ1) is 10.2. The molecule has 5 heteroatoms. The number of hydrogen-bond acceptors (Lipinski definition) is 4. The fraction of sp³-hybridized carbons (Fsp3) is 0.938. The Balaban J connectivity index is 1.53. The molecule has 0 bridgehead atoms. The summed E-state index contributed by atoms with van der Waals surface area (Å²) in [4.78, 5) is 19.7. The molecule has 0 spiro atoms. The monoisotopic (exact) mass is 295 g/mol. The van der Waals surface area contributed by atoms with E-state index >= 15 is 0 Å². The van der Waals surface area contributed by atoms with Crippen LogP contribution < -0.4 is 0 Å². The van der Waals surface area contributed by atoms with Crippen LogP contribution in [0.3, 0.4) is 0 Å². The van der Waals surface area contributed by atoms with Gasteiger partial charge in [0.05, 0.1) is 19.1 Å². The highest BCUT2D eigenvalue weighted by Gasteiger charge is 2.33. The van der Waals surface area contributed by atoms with E-state index in [0.717, 1.165) is 26.1 Å². The number of likely N-dealkylation sites (tertiary alicyclic amines) is 2. The number of carbonyl (C=O) groups excluding carboxylic acids is 1. The van der Waals surface area contributed by atoms with Crippen molar-refractivity contribution >= 4 is 5.91 Å². The Morgan fingerprint density at radius 3 is 2.43 bits per heavy atom. The maximum Gasteiger partial charge on any atom is 0.227 e. The van der Waals surface area contributed by atoms with Crippen molar-refractivity contribution in [3.05, 3.63) is 0 Å². The molecule has 21 heavy (non-hydrogen) atoms. The van der Waals surface area contributed by atoms with Gasteiger partial charge in [-0.15, -0.1) is 0 Å². The molecule has 1 unspecified atom stereocenters. The lowest BCUT2D eigenvalue weighted by atomic mass is 9.93. The maximum atomic E-state index is 12.7. The van der Waals surface area contributed by atoms with Gasteiger partial charge in [-0.05, 0) is 52.4 Å². The standard InChI is InChI=1S/C16H29N3O2/c1-17-7-4-15(5-8-17)19-6-2-3-14(13-19)16(20)18-9-11-21-12-10-18/h14-15H,2-13H2,1H3. The Labute approximate surface area is 128 Å². The second-order valence-corrected chi connectivity index (χ2v) is 6.81. The average molecular weight is 295 g/mol. The van der Waals surface area contributed by atoms with E-state index in [-0.39, 0.29) is 5.92 Å². The number of hydrogen-bond donors (Lipinski definition) is 0. The van der Waals surface area contributed by atoms with Crippen molar-refractivity contribution < 1.29 is 9.53 Å². The number of morpholine rings is 1. The van der Waals surface area contributed by atoms with E-state index in [0.29, 0.717) is 25.2 Å². The molecule has 0 aromatic carbocycles. The maximum absolute atomic E-state index is 12.7. The fourth-order valence-corrected chi connectivity index (χ4v) is 3.94. The third-order valence-corrected chi connectivity index (χ3v) is 5.33. The van der Waals surface area contributed by atoms with Crippen LogP contribution >= 0.6 is 0 Å². The van der Waals surface area contributed by atoms with Gasteiger partial charge in [0.1, 0.15) is 0 Å². The van der Waals surface area contributed by atoms with E-state index in [2.05, 4.69) is 16.8 Å². The van der Waals surface area contributed by atoms with Gasteiger partial charge in [-0.25, -0.2) is 0 Å². The van der Waals surface area contributed by atoms with E-state index in [4.69, 9.17) is 4.74 Å². The normalized spacial score (nSPS) is 30.5. The lowest BCUT2D eigenvalue weighted by Gasteiger charge is -2.42. The highest BCUT2D eigenvalue weighted by molar-refractivity contribution is 5.79. The van der Waals surface area contributed by atoms with Crippen molar-refractivity contribution in [3.63, 3.8) is 0 Å². The van der Waals surface area contributed by atoms with Crippen molar-refractivity contribution in [2.24, 2.45) is 5.92 Å². The Kier molecular flexibility index (Phi) is 5.14. The number of ether oxygens (including phenoxy) is 1. The molecule has 120 valence electrons. The average Bonchev–Trinajstić information content (AvgIpc) is 2.56. The van der Waals surface area contributed by atoms with Crippen LogP contribution in [-0.2, 0) is 9.53 Å². The Morgan fingerprint density at radius 1 is 1.00 bits per heavy atom. The van der Waals surface area contributed by atoms with E-state index in [9.17, 15) is 4.79 Å². The zero-order valence-electron chi connectivity index (χ0n) is 13.3. The summed E-state index contributed by atoms with van der Waals surface area (Å²) in [7, 11) is 2.21. The van der Waals surface area contributed by atoms with Gasteiger partial charge in [0, 0.05) is 25.7 Å². The predicted octanol–water partition coefficient (Wildman–Crippen LogP) is 0.651. The van der Waals surface area contributed by atoms with Crippen LogP contribution in [0.25, 0.3) is 0 Å². The van der Waals surface area contributed by atoms with Crippen molar-refractivity contribution in [1.82, 2.24) is 14.7 Å². The highest BCUT2D eigenvalue weighted by Crippen LogP contribution is 2.25. The zero-order chi connectivity index (χ0) is 14.7. The van der Waals surface area contributed by atoms with Crippen LogP contribution in [0.5, 0.6) is 0 Å². The summed E-state index contributed by atoms with van der Waals surface area (Å²) in [5.74, 6) is 0.590. The molecule has 0 radical (unpaired) electrons. The third kappa shape index (κ3) is 3.76. The molecule has 1 amide bonds. The lowest BCUT2D eigenvalue weighted by Crippen LogP contribution is -2.52. The summed E-state index contributed by atoms with van der Waals surface area (Å²) in [6.07, 6.45) is 4.76. The van der Waals surface area contributed by atoms with Crippen LogP contribution in [0.1, 0.15) is 25.7 Å². The minimum Gasteiger partial charge on any atom is -0.378 e. The Bertz CT molecular complexity index is 349. The molecular formula is C16H29N3O2. The SMILES string of the molecule is CN1CCC(N2CCCC(C(=O)N3CCOCC3)C2)CC1. The van der Waals surface area contributed by atoms with E-state index in [1.54, 1.807) is 0 Å². The van der Waals surface area contributed by atoms with Gasteiger partial charge in [-0.3, -0.25) is 9.69 Å². The van der Waals surface area contributed by atoms with Gasteiger partial charge in [0.2, 0.25) is 5.91 Å². The highest BCUT2D eigenvalue weighted by atomic mass is 16.5. The summed E-state index contributed by atoms with van der Waals surface area (Å²) in [6.45, 7) is 7.53. The molecule has 3 saturated heterocycles. The van der Waals surface area contributed by atoms with Gasteiger partial charge < -0.3 is 14.5 Å². The molecule has 3 aliphatic heterocycles. The Morgan fingerprint density at radius 2 is 1.71 bits per heavy atom. The topological polar surface area (TPSA) is 36.0 Å². The van der Waals surface area contributed by atoms with Gasteiger partial charge in [-0.2, -0.15) is 0 Å². The van der Waals surface area contributed by atoms with Gasteiger partial charge in [-0.1, -0.05) is 0 Å². The molecule has 3 rings (SSSR count). The molecule has 0 aromatic heterocycles. The first-order valence-corrected chi connectivity index (χ1v) is 8.53. The number of rotatable bonds is 2. The molecule has 3 fully saturated rings. The molecule has 0 aromatic rings. The van der Waals surface area contributed by atoms with E-state index in [1.165, 1.54) is 38.9 Å². The number of amides is 1. The minimum atomic E-state index is 0.219. The summed E-state index contributed by atoms with van der Waals surface area (Å²) in [5, 5.41) is 0. The smallest absolute Gasteiger partial charge is 0.227 e. The molecule has 0 aliphatic carbocycles. The van der Waals surface area contributed by atoms with E-state index in [1.807, 2.05) is 4.90 Å². The molecule has 1 atom stereocenters. The fourth-order valence-electron chi connectivity index (χ4n) is 3.94. The van der Waals surface area contributed by atoms with Gasteiger partial charge in [0.15, 0.2) is 0 Å². The molecular weight excluding hydrogens is 266 g/mol. The van der Waals surface area contributed by atoms with Crippen LogP contribution in [0.15, 0.2) is 0 Å². The third-order valence-electron chi connectivity index (χ3n) is 5.33. The van der Waals surface area contributed by atoms with Crippen molar-refractivity contribution in [2.45, 2.75) is 31.7 Å². The van der Waals surface area contributed by atoms with Crippen LogP contribution in [-0.4, -0.2) is 86.2 Å². The van der Waals surface area contributed by atoms with Crippen molar-refractivity contribution in [1.29, 1.82) is 0 Å². The quantitative estimate of drug-likeness (QED) is 0.749. The molecule has 5 nitrogen and oxygen atoms in total.